The average molecular weight is 391 g/mol. The van der Waals surface area contributed by atoms with Crippen molar-refractivity contribution in [3.05, 3.63) is 44.8 Å². The lowest BCUT2D eigenvalue weighted by Crippen LogP contribution is -2.41. The number of thiazole rings is 1. The molecule has 1 fully saturated rings. The number of likely N-dealkylation sites (tertiary alicyclic amines) is 1. The Hall–Kier alpha value is -2.35. The lowest BCUT2D eigenvalue weighted by Gasteiger charge is -2.32. The highest BCUT2D eigenvalue weighted by molar-refractivity contribution is 7.09. The van der Waals surface area contributed by atoms with Crippen LogP contribution in [0.4, 0.5) is 4.79 Å². The maximum Gasteiger partial charge on any atom is 0.410 e. The van der Waals surface area contributed by atoms with E-state index in [0.29, 0.717) is 25.6 Å². The van der Waals surface area contributed by atoms with Crippen LogP contribution in [0, 0.1) is 0 Å². The third kappa shape index (κ3) is 5.09. The fraction of sp³-hybridized carbons (Fsp3) is 0.526. The Labute approximate surface area is 162 Å². The molecule has 27 heavy (non-hydrogen) atoms. The van der Waals surface area contributed by atoms with Gasteiger partial charge in [0, 0.05) is 36.7 Å². The van der Waals surface area contributed by atoms with Crippen LogP contribution in [0.3, 0.4) is 0 Å². The van der Waals surface area contributed by atoms with Crippen molar-refractivity contribution in [2.24, 2.45) is 0 Å². The monoisotopic (exact) mass is 391 g/mol. The summed E-state index contributed by atoms with van der Waals surface area (Å²) in [5.41, 5.74) is 0.0948. The van der Waals surface area contributed by atoms with Gasteiger partial charge in [-0.15, -0.1) is 11.3 Å². The third-order valence-electron chi connectivity index (χ3n) is 4.38. The van der Waals surface area contributed by atoms with Crippen molar-refractivity contribution in [3.8, 4) is 5.75 Å². The number of rotatable bonds is 3. The molecule has 3 rings (SSSR count). The Kier molecular flexibility index (Phi) is 5.55. The molecule has 1 aliphatic heterocycles. The summed E-state index contributed by atoms with van der Waals surface area (Å²) in [6, 6.07) is 2.68. The van der Waals surface area contributed by atoms with E-state index in [9.17, 15) is 14.7 Å². The molecule has 1 aliphatic rings. The molecule has 1 N–H and O–H groups in total. The van der Waals surface area contributed by atoms with Crippen LogP contribution >= 0.6 is 11.3 Å². The summed E-state index contributed by atoms with van der Waals surface area (Å²) in [6.07, 6.45) is 3.01. The molecule has 3 heterocycles. The molecule has 1 saturated heterocycles. The summed E-state index contributed by atoms with van der Waals surface area (Å²) in [7, 11) is 0. The van der Waals surface area contributed by atoms with Crippen LogP contribution in [0.15, 0.2) is 28.5 Å². The molecular formula is C19H25N3O4S. The highest BCUT2D eigenvalue weighted by atomic mass is 32.1. The van der Waals surface area contributed by atoms with E-state index in [4.69, 9.17) is 4.74 Å². The number of nitrogens with zero attached hydrogens (tertiary/aromatic N) is 3. The summed E-state index contributed by atoms with van der Waals surface area (Å²) in [5, 5.41) is 12.3. The topological polar surface area (TPSA) is 84.7 Å². The van der Waals surface area contributed by atoms with Gasteiger partial charge in [0.15, 0.2) is 0 Å². The number of amides is 1. The fourth-order valence-electron chi connectivity index (χ4n) is 3.02. The number of aromatic nitrogens is 2. The van der Waals surface area contributed by atoms with Gasteiger partial charge in [-0.3, -0.25) is 4.79 Å². The zero-order valence-electron chi connectivity index (χ0n) is 15.8. The molecule has 146 valence electrons. The first-order chi connectivity index (χ1) is 12.7. The second-order valence-corrected chi connectivity index (χ2v) is 8.66. The van der Waals surface area contributed by atoms with E-state index < -0.39 is 5.60 Å². The third-order valence-corrected chi connectivity index (χ3v) is 5.43. The van der Waals surface area contributed by atoms with Gasteiger partial charge in [0.25, 0.3) is 5.56 Å². The zero-order valence-corrected chi connectivity index (χ0v) is 16.7. The number of carbonyl (C=O) groups is 1. The summed E-state index contributed by atoms with van der Waals surface area (Å²) in [6.45, 7) is 7.31. The Morgan fingerprint density at radius 2 is 2.07 bits per heavy atom. The predicted molar refractivity (Wildman–Crippen MR) is 103 cm³/mol. The van der Waals surface area contributed by atoms with Crippen LogP contribution in [0.2, 0.25) is 0 Å². The van der Waals surface area contributed by atoms with Gasteiger partial charge in [0.05, 0.1) is 17.2 Å². The number of pyridine rings is 1. The van der Waals surface area contributed by atoms with Crippen molar-refractivity contribution in [1.29, 1.82) is 0 Å². The minimum absolute atomic E-state index is 0.0352. The van der Waals surface area contributed by atoms with Gasteiger partial charge in [-0.1, -0.05) is 0 Å². The standard InChI is InChI=1S/C19H25N3O4S/c1-19(2,3)26-18(25)21-7-4-13(5-8-21)17-20-14(12-27-17)11-22-9-6-15(23)10-16(22)24/h6,9-10,12-13,23H,4-5,7-8,11H2,1-3H3. The second-order valence-electron chi connectivity index (χ2n) is 7.77. The van der Waals surface area contributed by atoms with Crippen LogP contribution < -0.4 is 5.56 Å². The maximum absolute atomic E-state index is 12.2. The van der Waals surface area contributed by atoms with Gasteiger partial charge in [0.2, 0.25) is 0 Å². The molecule has 0 aromatic carbocycles. The smallest absolute Gasteiger partial charge is 0.410 e. The largest absolute Gasteiger partial charge is 0.508 e. The van der Waals surface area contributed by atoms with Gasteiger partial charge in [-0.2, -0.15) is 0 Å². The van der Waals surface area contributed by atoms with Crippen LogP contribution in [-0.2, 0) is 11.3 Å². The number of hydrogen-bond donors (Lipinski definition) is 1. The lowest BCUT2D eigenvalue weighted by molar-refractivity contribution is 0.0205. The number of carbonyl (C=O) groups excluding carboxylic acids is 1. The van der Waals surface area contributed by atoms with E-state index in [-0.39, 0.29) is 17.4 Å². The number of ether oxygens (including phenoxy) is 1. The Morgan fingerprint density at radius 1 is 1.37 bits per heavy atom. The number of hydrogen-bond acceptors (Lipinski definition) is 6. The Balaban J connectivity index is 1.58. The van der Waals surface area contributed by atoms with Crippen molar-refractivity contribution in [3.63, 3.8) is 0 Å². The first-order valence-electron chi connectivity index (χ1n) is 9.03. The van der Waals surface area contributed by atoms with E-state index >= 15 is 0 Å². The van der Waals surface area contributed by atoms with E-state index in [1.54, 1.807) is 22.4 Å². The van der Waals surface area contributed by atoms with E-state index in [0.717, 1.165) is 23.5 Å². The molecular weight excluding hydrogens is 366 g/mol. The first-order valence-corrected chi connectivity index (χ1v) is 9.91. The molecule has 2 aromatic heterocycles. The van der Waals surface area contributed by atoms with E-state index in [1.165, 1.54) is 16.7 Å². The van der Waals surface area contributed by atoms with Gasteiger partial charge in [0.1, 0.15) is 11.4 Å². The molecule has 0 aliphatic carbocycles. The molecule has 0 bridgehead atoms. The van der Waals surface area contributed by atoms with Crippen LogP contribution in [0.1, 0.15) is 50.2 Å². The minimum Gasteiger partial charge on any atom is -0.508 e. The molecule has 0 spiro atoms. The van der Waals surface area contributed by atoms with Crippen molar-refractivity contribution in [2.45, 2.75) is 51.7 Å². The quantitative estimate of drug-likeness (QED) is 0.869. The molecule has 1 amide bonds. The maximum atomic E-state index is 12.2. The molecule has 0 radical (unpaired) electrons. The molecule has 0 atom stereocenters. The normalized spacial score (nSPS) is 15.7. The average Bonchev–Trinajstić information content (AvgIpc) is 3.05. The Morgan fingerprint density at radius 3 is 2.70 bits per heavy atom. The molecule has 7 nitrogen and oxygen atoms in total. The molecule has 0 unspecified atom stereocenters. The minimum atomic E-state index is -0.482. The highest BCUT2D eigenvalue weighted by Gasteiger charge is 2.28. The fourth-order valence-corrected chi connectivity index (χ4v) is 4.00. The summed E-state index contributed by atoms with van der Waals surface area (Å²) < 4.78 is 6.95. The molecule has 8 heteroatoms. The summed E-state index contributed by atoms with van der Waals surface area (Å²) in [4.78, 5) is 30.5. The van der Waals surface area contributed by atoms with E-state index in [2.05, 4.69) is 4.98 Å². The Bertz CT molecular complexity index is 860. The summed E-state index contributed by atoms with van der Waals surface area (Å²) in [5.74, 6) is 0.283. The van der Waals surface area contributed by atoms with E-state index in [1.807, 2.05) is 26.2 Å². The van der Waals surface area contributed by atoms with Crippen molar-refractivity contribution >= 4 is 17.4 Å². The SMILES string of the molecule is CC(C)(C)OC(=O)N1CCC(c2nc(Cn3ccc(O)cc3=O)cs2)CC1. The highest BCUT2D eigenvalue weighted by Crippen LogP contribution is 2.31. The predicted octanol–water partition coefficient (Wildman–Crippen LogP) is 3.17. The van der Waals surface area contributed by atoms with Gasteiger partial charge in [-0.05, 0) is 39.7 Å². The van der Waals surface area contributed by atoms with Gasteiger partial charge in [-0.25, -0.2) is 9.78 Å². The lowest BCUT2D eigenvalue weighted by atomic mass is 9.98. The molecule has 2 aromatic rings. The number of piperidine rings is 1. The first kappa shape index (κ1) is 19.4. The number of aromatic hydroxyl groups is 1. The van der Waals surface area contributed by atoms with Crippen LogP contribution in [0.25, 0.3) is 0 Å². The second kappa shape index (κ2) is 7.72. The van der Waals surface area contributed by atoms with Crippen molar-refractivity contribution in [2.75, 3.05) is 13.1 Å². The van der Waals surface area contributed by atoms with Gasteiger partial charge < -0.3 is 19.3 Å². The van der Waals surface area contributed by atoms with Crippen LogP contribution in [0.5, 0.6) is 5.75 Å². The van der Waals surface area contributed by atoms with Crippen LogP contribution in [-0.4, -0.2) is 44.3 Å². The van der Waals surface area contributed by atoms with Crippen molar-refractivity contribution in [1.82, 2.24) is 14.5 Å². The zero-order chi connectivity index (χ0) is 19.6. The summed E-state index contributed by atoms with van der Waals surface area (Å²) >= 11 is 1.59. The van der Waals surface area contributed by atoms with Crippen molar-refractivity contribution < 1.29 is 14.6 Å². The molecule has 0 saturated carbocycles. The van der Waals surface area contributed by atoms with Gasteiger partial charge >= 0.3 is 6.09 Å².